The summed E-state index contributed by atoms with van der Waals surface area (Å²) < 4.78 is 12.4. The number of carbonyl (C=O) groups is 4. The highest BCUT2D eigenvalue weighted by molar-refractivity contribution is 5.99. The average molecular weight is 653 g/mol. The van der Waals surface area contributed by atoms with E-state index in [1.54, 1.807) is 19.2 Å². The number of phenols is 1. The second-order valence-electron chi connectivity index (χ2n) is 14.2. The van der Waals surface area contributed by atoms with E-state index in [4.69, 9.17) is 15.2 Å². The Kier molecular flexibility index (Phi) is 9.39. The summed E-state index contributed by atoms with van der Waals surface area (Å²) in [5.74, 6) is -0.0212. The number of aromatic hydroxyl groups is 1. The van der Waals surface area contributed by atoms with Crippen LogP contribution in [0.4, 0.5) is 4.79 Å². The highest BCUT2D eigenvalue weighted by Crippen LogP contribution is 2.65. The minimum Gasteiger partial charge on any atom is -0.504 e. The highest BCUT2D eigenvalue weighted by Gasteiger charge is 2.72. The van der Waals surface area contributed by atoms with Gasteiger partial charge in [-0.05, 0) is 82.2 Å². The Morgan fingerprint density at radius 1 is 1.23 bits per heavy atom. The molecule has 1 saturated carbocycles. The maximum Gasteiger partial charge on any atom is 0.414 e. The molecule has 1 saturated heterocycles. The molecule has 5 N–H and O–H groups in total. The highest BCUT2D eigenvalue weighted by atomic mass is 16.6. The van der Waals surface area contributed by atoms with Gasteiger partial charge in [0.05, 0.1) is 17.4 Å². The number of unbranched alkanes of at least 4 members (excludes halogenated alkanes) is 1. The largest absolute Gasteiger partial charge is 0.504 e. The topological polar surface area (TPSA) is 172 Å². The molecular weight excluding hydrogens is 604 g/mol. The molecule has 5 atom stereocenters. The molecule has 5 aliphatic rings. The van der Waals surface area contributed by atoms with Crippen molar-refractivity contribution in [2.45, 2.75) is 94.3 Å². The number of hydrogen-bond acceptors (Lipinski definition) is 10. The summed E-state index contributed by atoms with van der Waals surface area (Å²) in [5.41, 5.74) is 5.50. The van der Waals surface area contributed by atoms with E-state index < -0.39 is 29.1 Å². The molecule has 2 amide bonds. The van der Waals surface area contributed by atoms with E-state index >= 15 is 0 Å². The lowest BCUT2D eigenvalue weighted by Gasteiger charge is -2.62. The van der Waals surface area contributed by atoms with E-state index in [-0.39, 0.29) is 55.2 Å². The van der Waals surface area contributed by atoms with Gasteiger partial charge in [-0.2, -0.15) is 0 Å². The van der Waals surface area contributed by atoms with Crippen LogP contribution in [0, 0.1) is 11.8 Å². The minimum atomic E-state index is -1.14. The summed E-state index contributed by atoms with van der Waals surface area (Å²) >= 11 is 0. The number of benzene rings is 1. The predicted molar refractivity (Wildman–Crippen MR) is 172 cm³/mol. The number of piperidine rings is 1. The van der Waals surface area contributed by atoms with Crippen LogP contribution < -0.4 is 15.8 Å². The zero-order chi connectivity index (χ0) is 33.5. The zero-order valence-electron chi connectivity index (χ0n) is 27.5. The maximum absolute atomic E-state index is 13.4. The number of ether oxygens (including phenoxy) is 2. The van der Waals surface area contributed by atoms with Crippen molar-refractivity contribution in [3.63, 3.8) is 0 Å². The van der Waals surface area contributed by atoms with Crippen molar-refractivity contribution in [3.05, 3.63) is 35.1 Å². The number of likely N-dealkylation sites (N-methyl/N-ethyl adjacent to an activating group) is 1. The SMILES string of the molecule is CC(=O)CC(=O)C[C@H](CCCCN)C(=O)NCCN(C)C(=O)OC1=CC[C@@]2(O)[C@H]3Cc4ccc(O)c5c4[C@@]2(CCN3CC2CC2)[C@H]1O5. The van der Waals surface area contributed by atoms with Crippen LogP contribution in [-0.2, 0) is 31.0 Å². The van der Waals surface area contributed by atoms with E-state index in [1.807, 2.05) is 6.07 Å². The van der Waals surface area contributed by atoms with Gasteiger partial charge in [0.1, 0.15) is 17.3 Å². The van der Waals surface area contributed by atoms with Crippen LogP contribution in [0.2, 0.25) is 0 Å². The van der Waals surface area contributed by atoms with Crippen LogP contribution in [0.5, 0.6) is 11.5 Å². The van der Waals surface area contributed by atoms with E-state index in [2.05, 4.69) is 10.2 Å². The van der Waals surface area contributed by atoms with Crippen LogP contribution in [0.25, 0.3) is 0 Å². The first-order valence-electron chi connectivity index (χ1n) is 17.1. The van der Waals surface area contributed by atoms with Gasteiger partial charge in [0.2, 0.25) is 5.91 Å². The van der Waals surface area contributed by atoms with Gasteiger partial charge in [-0.1, -0.05) is 12.5 Å². The van der Waals surface area contributed by atoms with Crippen molar-refractivity contribution in [2.24, 2.45) is 17.6 Å². The molecule has 12 nitrogen and oxygen atoms in total. The third-order valence-electron chi connectivity index (χ3n) is 10.9. The van der Waals surface area contributed by atoms with Crippen molar-refractivity contribution in [1.82, 2.24) is 15.1 Å². The summed E-state index contributed by atoms with van der Waals surface area (Å²) in [6, 6.07) is 3.47. The van der Waals surface area contributed by atoms with Gasteiger partial charge in [-0.25, -0.2) is 4.79 Å². The quantitative estimate of drug-likeness (QED) is 0.163. The molecule has 0 unspecified atom stereocenters. The van der Waals surface area contributed by atoms with Crippen molar-refractivity contribution in [3.8, 4) is 11.5 Å². The first-order chi connectivity index (χ1) is 22.5. The maximum atomic E-state index is 13.4. The zero-order valence-corrected chi connectivity index (χ0v) is 27.5. The molecule has 47 heavy (non-hydrogen) atoms. The van der Waals surface area contributed by atoms with Crippen LogP contribution in [0.15, 0.2) is 24.0 Å². The number of nitrogens with two attached hydrogens (primary N) is 1. The van der Waals surface area contributed by atoms with Gasteiger partial charge in [0, 0.05) is 57.0 Å². The molecule has 2 aliphatic heterocycles. The fourth-order valence-electron chi connectivity index (χ4n) is 8.41. The number of hydrogen-bond donors (Lipinski definition) is 4. The van der Waals surface area contributed by atoms with Crippen molar-refractivity contribution in [1.29, 1.82) is 0 Å². The number of amides is 2. The summed E-state index contributed by atoms with van der Waals surface area (Å²) in [4.78, 5) is 53.8. The Hall–Kier alpha value is -3.48. The molecule has 12 heteroatoms. The smallest absolute Gasteiger partial charge is 0.414 e. The molecule has 2 heterocycles. The number of likely N-dealkylation sites (tertiary alicyclic amines) is 1. The summed E-state index contributed by atoms with van der Waals surface area (Å²) in [7, 11) is 1.57. The molecule has 6 rings (SSSR count). The first kappa shape index (κ1) is 33.4. The van der Waals surface area contributed by atoms with Crippen molar-refractivity contribution < 1.29 is 38.9 Å². The van der Waals surface area contributed by atoms with Crippen LogP contribution >= 0.6 is 0 Å². The Morgan fingerprint density at radius 2 is 2.02 bits per heavy atom. The van der Waals surface area contributed by atoms with E-state index in [0.717, 1.165) is 30.6 Å². The number of rotatable bonds is 15. The summed E-state index contributed by atoms with van der Waals surface area (Å²) in [6.07, 6.45) is 6.06. The predicted octanol–water partition coefficient (Wildman–Crippen LogP) is 2.32. The third-order valence-corrected chi connectivity index (χ3v) is 10.9. The van der Waals surface area contributed by atoms with Crippen LogP contribution in [0.1, 0.15) is 75.8 Å². The third kappa shape index (κ3) is 6.15. The van der Waals surface area contributed by atoms with Gasteiger partial charge < -0.3 is 35.6 Å². The minimum absolute atomic E-state index is 0.0107. The number of carbonyl (C=O) groups excluding carboxylic acids is 4. The van der Waals surface area contributed by atoms with Gasteiger partial charge in [-0.3, -0.25) is 19.3 Å². The molecule has 0 radical (unpaired) electrons. The van der Waals surface area contributed by atoms with E-state index in [9.17, 15) is 29.4 Å². The standard InChI is InChI=1S/C35H48N4O8/c1-21(40)17-25(41)18-24(5-3-4-13-36)32(43)37-14-16-38(2)33(44)46-27-10-11-35(45)28-19-23-8-9-26(42)30-29(23)34(35,31(27)47-30)12-15-39(28)20-22-6-7-22/h8-10,22,24,28,31,42,45H,3-7,11-20,36H2,1-2H3,(H,37,43)/t24-,28+,31-,34-,35+/m0/s1. The molecular formula is C35H48N4O8. The fraction of sp³-hybridized carbons (Fsp3) is 0.657. The molecule has 2 bridgehead atoms. The van der Waals surface area contributed by atoms with Crippen LogP contribution in [-0.4, -0.2) is 101 Å². The Morgan fingerprint density at radius 3 is 2.74 bits per heavy atom. The second kappa shape index (κ2) is 13.2. The lowest BCUT2D eigenvalue weighted by atomic mass is 9.50. The van der Waals surface area contributed by atoms with E-state index in [0.29, 0.717) is 56.1 Å². The Labute approximate surface area is 275 Å². The number of ketones is 2. The Balaban J connectivity index is 1.12. The number of aliphatic hydroxyl groups is 1. The first-order valence-corrected chi connectivity index (χ1v) is 17.1. The van der Waals surface area contributed by atoms with Gasteiger partial charge in [0.15, 0.2) is 17.6 Å². The van der Waals surface area contributed by atoms with Gasteiger partial charge in [-0.15, -0.1) is 0 Å². The summed E-state index contributed by atoms with van der Waals surface area (Å²) in [5, 5.41) is 26.2. The molecule has 1 spiro atoms. The molecule has 2 fully saturated rings. The summed E-state index contributed by atoms with van der Waals surface area (Å²) in [6.45, 7) is 3.88. The second-order valence-corrected chi connectivity index (χ2v) is 14.2. The van der Waals surface area contributed by atoms with Gasteiger partial charge >= 0.3 is 6.09 Å². The lowest BCUT2D eigenvalue weighted by Crippen LogP contribution is -2.75. The molecule has 3 aliphatic carbocycles. The van der Waals surface area contributed by atoms with E-state index in [1.165, 1.54) is 24.7 Å². The Bertz CT molecular complexity index is 1460. The van der Waals surface area contributed by atoms with Gasteiger partial charge in [0.25, 0.3) is 0 Å². The average Bonchev–Trinajstić information content (AvgIpc) is 3.76. The van der Waals surface area contributed by atoms with Crippen LogP contribution in [0.3, 0.4) is 0 Å². The normalized spacial score (nSPS) is 27.6. The fourth-order valence-corrected chi connectivity index (χ4v) is 8.41. The van der Waals surface area contributed by atoms with Crippen molar-refractivity contribution in [2.75, 3.05) is 39.8 Å². The number of nitrogens with zero attached hydrogens (tertiary/aromatic N) is 2. The molecule has 1 aromatic rings. The number of nitrogens with one attached hydrogen (secondary N) is 1. The van der Waals surface area contributed by atoms with Crippen molar-refractivity contribution >= 4 is 23.6 Å². The monoisotopic (exact) mass is 652 g/mol. The molecule has 256 valence electrons. The lowest BCUT2D eigenvalue weighted by molar-refractivity contribution is -0.169. The molecule has 0 aromatic heterocycles. The number of phenolic OH excluding ortho intramolecular Hbond substituents is 1. The number of Topliss-reactive ketones (excluding diaryl/α,β-unsaturated/α-hetero) is 2. The molecule has 1 aromatic carbocycles.